The highest BCUT2D eigenvalue weighted by Gasteiger charge is 2.46. The number of anilines is 1. The molecule has 172 valence electrons. The van der Waals surface area contributed by atoms with Crippen LogP contribution >= 0.6 is 0 Å². The van der Waals surface area contributed by atoms with E-state index in [-0.39, 0.29) is 22.4 Å². The Bertz CT molecular complexity index is 1340. The Labute approximate surface area is 194 Å². The number of cyclic esters (lactones) is 1. The number of nitrogens with one attached hydrogen (secondary N) is 1. The van der Waals surface area contributed by atoms with E-state index in [1.165, 1.54) is 12.1 Å². The number of aryl methyl sites for hydroxylation is 2. The first-order chi connectivity index (χ1) is 16.2. The van der Waals surface area contributed by atoms with Crippen LogP contribution in [0.2, 0.25) is 0 Å². The number of hydrogen-bond acceptors (Lipinski definition) is 7. The number of Topliss-reactive ketones (excluding diaryl/α,β-unsaturated/α-hetero) is 2. The molecule has 0 spiro atoms. The van der Waals surface area contributed by atoms with Gasteiger partial charge in [0.05, 0.1) is 11.1 Å². The number of hydrogen-bond donors (Lipinski definition) is 3. The molecule has 0 saturated heterocycles. The van der Waals surface area contributed by atoms with Gasteiger partial charge in [0.15, 0.2) is 5.78 Å². The van der Waals surface area contributed by atoms with Crippen molar-refractivity contribution in [1.29, 1.82) is 0 Å². The zero-order valence-corrected chi connectivity index (χ0v) is 18.4. The Balaban J connectivity index is 1.73. The standard InChI is InChI=1S/C26H21NO7/c1-13-7-8-15(11-14(13)2)27-25(32)23(31)21(22(30)19-10-9-16(28)12-20(19)29)24-17-5-3-4-6-18(17)26(33)34-24/h3-12,21,24,28-29H,1-2H3,(H,27,32). The van der Waals surface area contributed by atoms with E-state index >= 15 is 0 Å². The van der Waals surface area contributed by atoms with Crippen LogP contribution in [-0.2, 0) is 14.3 Å². The third kappa shape index (κ3) is 4.13. The second kappa shape index (κ2) is 8.82. The highest BCUT2D eigenvalue weighted by Crippen LogP contribution is 2.39. The fourth-order valence-corrected chi connectivity index (χ4v) is 3.86. The number of amides is 1. The summed E-state index contributed by atoms with van der Waals surface area (Å²) in [5.74, 6) is -6.47. The van der Waals surface area contributed by atoms with Crippen molar-refractivity contribution in [3.8, 4) is 11.5 Å². The van der Waals surface area contributed by atoms with Gasteiger partial charge in [0.2, 0.25) is 5.78 Å². The summed E-state index contributed by atoms with van der Waals surface area (Å²) in [7, 11) is 0. The molecule has 0 saturated carbocycles. The van der Waals surface area contributed by atoms with E-state index in [4.69, 9.17) is 4.74 Å². The van der Waals surface area contributed by atoms with E-state index in [2.05, 4.69) is 5.32 Å². The van der Waals surface area contributed by atoms with E-state index in [0.717, 1.165) is 29.3 Å². The van der Waals surface area contributed by atoms with Crippen molar-refractivity contribution in [2.75, 3.05) is 5.32 Å². The first kappa shape index (κ1) is 22.7. The summed E-state index contributed by atoms with van der Waals surface area (Å²) in [6.07, 6.45) is -1.36. The lowest BCUT2D eigenvalue weighted by Crippen LogP contribution is -2.38. The zero-order valence-electron chi connectivity index (χ0n) is 18.4. The van der Waals surface area contributed by atoms with Gasteiger partial charge in [-0.05, 0) is 55.3 Å². The van der Waals surface area contributed by atoms with E-state index in [0.29, 0.717) is 5.69 Å². The van der Waals surface area contributed by atoms with Gasteiger partial charge >= 0.3 is 5.97 Å². The van der Waals surface area contributed by atoms with Crippen LogP contribution in [0.5, 0.6) is 11.5 Å². The smallest absolute Gasteiger partial charge is 0.339 e. The SMILES string of the molecule is Cc1ccc(NC(=O)C(=O)C(C(=O)c2ccc(O)cc2O)C2OC(=O)c3ccccc32)cc1C. The minimum absolute atomic E-state index is 0.183. The van der Waals surface area contributed by atoms with Gasteiger partial charge in [0, 0.05) is 17.3 Å². The number of rotatable bonds is 6. The van der Waals surface area contributed by atoms with Gasteiger partial charge in [-0.1, -0.05) is 24.3 Å². The first-order valence-corrected chi connectivity index (χ1v) is 10.5. The largest absolute Gasteiger partial charge is 0.508 e. The molecule has 1 aliphatic rings. The summed E-state index contributed by atoms with van der Waals surface area (Å²) in [6.45, 7) is 3.75. The van der Waals surface area contributed by atoms with Crippen molar-refractivity contribution in [1.82, 2.24) is 0 Å². The molecule has 3 N–H and O–H groups in total. The number of esters is 1. The minimum Gasteiger partial charge on any atom is -0.508 e. The number of phenols is 2. The second-order valence-corrected chi connectivity index (χ2v) is 8.07. The van der Waals surface area contributed by atoms with Gasteiger partial charge in [-0.15, -0.1) is 0 Å². The minimum atomic E-state index is -1.76. The van der Waals surface area contributed by atoms with Crippen LogP contribution in [-0.4, -0.2) is 33.7 Å². The lowest BCUT2D eigenvalue weighted by atomic mass is 9.84. The number of phenolic OH excluding ortho intramolecular Hbond substituents is 2. The van der Waals surface area contributed by atoms with Crippen molar-refractivity contribution >= 4 is 29.1 Å². The highest BCUT2D eigenvalue weighted by molar-refractivity contribution is 6.45. The van der Waals surface area contributed by atoms with Crippen molar-refractivity contribution in [2.24, 2.45) is 5.92 Å². The molecule has 1 amide bonds. The molecular formula is C26H21NO7. The Morgan fingerprint density at radius 3 is 2.38 bits per heavy atom. The topological polar surface area (TPSA) is 130 Å². The molecule has 1 heterocycles. The molecule has 0 aliphatic carbocycles. The molecule has 8 heteroatoms. The van der Waals surface area contributed by atoms with Crippen LogP contribution in [0.3, 0.4) is 0 Å². The van der Waals surface area contributed by atoms with E-state index in [1.54, 1.807) is 30.3 Å². The number of carbonyl (C=O) groups is 4. The average Bonchev–Trinajstić information content (AvgIpc) is 3.12. The summed E-state index contributed by atoms with van der Waals surface area (Å²) in [6, 6.07) is 14.6. The van der Waals surface area contributed by atoms with Crippen LogP contribution < -0.4 is 5.32 Å². The lowest BCUT2D eigenvalue weighted by molar-refractivity contribution is -0.138. The number of fused-ring (bicyclic) bond motifs is 1. The monoisotopic (exact) mass is 459 g/mol. The van der Waals surface area contributed by atoms with Gasteiger partial charge < -0.3 is 20.3 Å². The van der Waals surface area contributed by atoms with Crippen molar-refractivity contribution < 1.29 is 34.1 Å². The summed E-state index contributed by atoms with van der Waals surface area (Å²) >= 11 is 0. The highest BCUT2D eigenvalue weighted by atomic mass is 16.5. The van der Waals surface area contributed by atoms with E-state index < -0.39 is 41.2 Å². The van der Waals surface area contributed by atoms with Crippen LogP contribution in [0.25, 0.3) is 0 Å². The van der Waals surface area contributed by atoms with Gasteiger partial charge in [0.25, 0.3) is 5.91 Å². The number of carbonyl (C=O) groups excluding carboxylic acids is 4. The summed E-state index contributed by atoms with van der Waals surface area (Å²) < 4.78 is 5.36. The Morgan fingerprint density at radius 1 is 0.941 bits per heavy atom. The first-order valence-electron chi connectivity index (χ1n) is 10.5. The predicted octanol–water partition coefficient (Wildman–Crippen LogP) is 3.63. The van der Waals surface area contributed by atoms with Crippen molar-refractivity contribution in [3.05, 3.63) is 88.5 Å². The number of benzene rings is 3. The molecule has 0 fully saturated rings. The van der Waals surface area contributed by atoms with Crippen LogP contribution in [0.4, 0.5) is 5.69 Å². The maximum absolute atomic E-state index is 13.4. The quantitative estimate of drug-likeness (QED) is 0.222. The molecule has 3 aromatic carbocycles. The van der Waals surface area contributed by atoms with Crippen molar-refractivity contribution in [2.45, 2.75) is 20.0 Å². The molecule has 34 heavy (non-hydrogen) atoms. The summed E-state index contributed by atoms with van der Waals surface area (Å²) in [4.78, 5) is 52.1. The van der Waals surface area contributed by atoms with Crippen LogP contribution in [0.15, 0.2) is 60.7 Å². The van der Waals surface area contributed by atoms with E-state index in [1.807, 2.05) is 13.8 Å². The number of aromatic hydroxyl groups is 2. The third-order valence-corrected chi connectivity index (χ3v) is 5.82. The molecule has 0 bridgehead atoms. The van der Waals surface area contributed by atoms with Crippen molar-refractivity contribution in [3.63, 3.8) is 0 Å². The zero-order chi connectivity index (χ0) is 24.6. The molecule has 1 aliphatic heterocycles. The molecular weight excluding hydrogens is 438 g/mol. The number of ether oxygens (including phenoxy) is 1. The summed E-state index contributed by atoms with van der Waals surface area (Å²) in [5.41, 5.74) is 2.43. The molecule has 4 rings (SSSR count). The fourth-order valence-electron chi connectivity index (χ4n) is 3.86. The number of ketones is 2. The normalized spacial score (nSPS) is 15.2. The van der Waals surface area contributed by atoms with Crippen LogP contribution in [0, 0.1) is 19.8 Å². The molecule has 0 radical (unpaired) electrons. The Kier molecular flexibility index (Phi) is 5.89. The maximum atomic E-state index is 13.4. The molecule has 0 aromatic heterocycles. The third-order valence-electron chi connectivity index (χ3n) is 5.82. The molecule has 3 aromatic rings. The summed E-state index contributed by atoms with van der Waals surface area (Å²) in [5, 5.41) is 22.3. The van der Waals surface area contributed by atoms with Gasteiger partial charge in [-0.2, -0.15) is 0 Å². The van der Waals surface area contributed by atoms with E-state index in [9.17, 15) is 29.4 Å². The lowest BCUT2D eigenvalue weighted by Gasteiger charge is -2.21. The predicted molar refractivity (Wildman–Crippen MR) is 122 cm³/mol. The fraction of sp³-hybridized carbons (Fsp3) is 0.154. The molecule has 2 unspecified atom stereocenters. The average molecular weight is 459 g/mol. The Morgan fingerprint density at radius 2 is 1.68 bits per heavy atom. The van der Waals surface area contributed by atoms with Gasteiger partial charge in [0.1, 0.15) is 23.5 Å². The van der Waals surface area contributed by atoms with Gasteiger partial charge in [-0.25, -0.2) is 4.79 Å². The molecule has 8 nitrogen and oxygen atoms in total. The Hall–Kier alpha value is -4.46. The molecule has 2 atom stereocenters. The second-order valence-electron chi connectivity index (χ2n) is 8.07. The van der Waals surface area contributed by atoms with Gasteiger partial charge in [-0.3, -0.25) is 14.4 Å². The maximum Gasteiger partial charge on any atom is 0.339 e. The van der Waals surface area contributed by atoms with Crippen LogP contribution in [0.1, 0.15) is 43.5 Å².